The lowest BCUT2D eigenvalue weighted by Gasteiger charge is -2.35. The summed E-state index contributed by atoms with van der Waals surface area (Å²) in [6.07, 6.45) is 2.19. The van der Waals surface area contributed by atoms with Crippen LogP contribution in [0.2, 0.25) is 0 Å². The van der Waals surface area contributed by atoms with Crippen LogP contribution in [0.15, 0.2) is 29.3 Å². The van der Waals surface area contributed by atoms with Gasteiger partial charge in [0.1, 0.15) is 0 Å². The van der Waals surface area contributed by atoms with E-state index in [9.17, 15) is 0 Å². The van der Waals surface area contributed by atoms with Gasteiger partial charge in [0, 0.05) is 38.1 Å². The number of aryl methyl sites for hydroxylation is 1. The van der Waals surface area contributed by atoms with Crippen LogP contribution in [0.3, 0.4) is 0 Å². The number of hydrogen-bond donors (Lipinski definition) is 1. The molecule has 5 heteroatoms. The molecule has 140 valence electrons. The van der Waals surface area contributed by atoms with Crippen LogP contribution in [0.25, 0.3) is 0 Å². The SMILES string of the molecule is CCNC(=NCC1(SCC)CCOCC1)N(C)Cc1ccc(C)cc1. The Morgan fingerprint density at radius 3 is 2.52 bits per heavy atom. The van der Waals surface area contributed by atoms with Crippen molar-refractivity contribution in [2.75, 3.05) is 39.1 Å². The molecule has 1 heterocycles. The molecule has 1 aromatic carbocycles. The van der Waals surface area contributed by atoms with Crippen LogP contribution < -0.4 is 5.32 Å². The molecule has 0 radical (unpaired) electrons. The molecule has 0 bridgehead atoms. The fourth-order valence-electron chi connectivity index (χ4n) is 3.13. The molecule has 0 spiro atoms. The van der Waals surface area contributed by atoms with Crippen molar-refractivity contribution in [3.63, 3.8) is 0 Å². The lowest BCUT2D eigenvalue weighted by Crippen LogP contribution is -2.41. The Morgan fingerprint density at radius 2 is 1.92 bits per heavy atom. The monoisotopic (exact) mass is 363 g/mol. The largest absolute Gasteiger partial charge is 0.381 e. The normalized spacial score (nSPS) is 17.4. The van der Waals surface area contributed by atoms with Crippen LogP contribution in [-0.4, -0.2) is 54.7 Å². The highest BCUT2D eigenvalue weighted by atomic mass is 32.2. The van der Waals surface area contributed by atoms with Crippen molar-refractivity contribution in [3.05, 3.63) is 35.4 Å². The molecule has 4 nitrogen and oxygen atoms in total. The van der Waals surface area contributed by atoms with Crippen molar-refractivity contribution < 1.29 is 4.74 Å². The average molecular weight is 364 g/mol. The standard InChI is InChI=1S/C20H33N3OS/c1-5-21-19(23(4)15-18-9-7-17(3)8-10-18)22-16-20(25-6-2)11-13-24-14-12-20/h7-10H,5-6,11-16H2,1-4H3,(H,21,22). The minimum Gasteiger partial charge on any atom is -0.381 e. The van der Waals surface area contributed by atoms with Gasteiger partial charge < -0.3 is 15.0 Å². The summed E-state index contributed by atoms with van der Waals surface area (Å²) in [5.74, 6) is 2.12. The molecule has 1 saturated heterocycles. The van der Waals surface area contributed by atoms with Crippen molar-refractivity contribution in [3.8, 4) is 0 Å². The molecule has 1 aliphatic rings. The Morgan fingerprint density at radius 1 is 1.24 bits per heavy atom. The minimum absolute atomic E-state index is 0.234. The number of hydrogen-bond acceptors (Lipinski definition) is 3. The first-order chi connectivity index (χ1) is 12.1. The van der Waals surface area contributed by atoms with Gasteiger partial charge in [-0.3, -0.25) is 4.99 Å². The van der Waals surface area contributed by atoms with Gasteiger partial charge in [-0.25, -0.2) is 0 Å². The Hall–Kier alpha value is -1.20. The summed E-state index contributed by atoms with van der Waals surface area (Å²) in [5.41, 5.74) is 2.60. The van der Waals surface area contributed by atoms with Gasteiger partial charge in [-0.15, -0.1) is 0 Å². The van der Waals surface area contributed by atoms with E-state index in [-0.39, 0.29) is 4.75 Å². The zero-order chi connectivity index (χ0) is 18.1. The van der Waals surface area contributed by atoms with E-state index in [4.69, 9.17) is 9.73 Å². The summed E-state index contributed by atoms with van der Waals surface area (Å²) >= 11 is 2.04. The van der Waals surface area contributed by atoms with Gasteiger partial charge in [-0.05, 0) is 38.0 Å². The highest BCUT2D eigenvalue weighted by Crippen LogP contribution is 2.35. The summed E-state index contributed by atoms with van der Waals surface area (Å²) < 4.78 is 5.81. The maximum Gasteiger partial charge on any atom is 0.194 e. The molecule has 1 fully saturated rings. The van der Waals surface area contributed by atoms with E-state index in [1.54, 1.807) is 0 Å². The molecule has 0 aromatic heterocycles. The topological polar surface area (TPSA) is 36.9 Å². The van der Waals surface area contributed by atoms with Crippen molar-refractivity contribution >= 4 is 17.7 Å². The smallest absolute Gasteiger partial charge is 0.194 e. The number of rotatable bonds is 7. The van der Waals surface area contributed by atoms with E-state index < -0.39 is 0 Å². The first-order valence-corrected chi connectivity index (χ1v) is 10.3. The zero-order valence-corrected chi connectivity index (χ0v) is 17.0. The molecule has 25 heavy (non-hydrogen) atoms. The maximum absolute atomic E-state index is 5.57. The third-order valence-corrected chi connectivity index (χ3v) is 6.05. The van der Waals surface area contributed by atoms with Gasteiger partial charge in [-0.1, -0.05) is 36.8 Å². The minimum atomic E-state index is 0.234. The van der Waals surface area contributed by atoms with Crippen molar-refractivity contribution in [1.29, 1.82) is 0 Å². The Labute approximate surface area is 157 Å². The summed E-state index contributed by atoms with van der Waals surface area (Å²) in [5, 5.41) is 3.45. The van der Waals surface area contributed by atoms with Gasteiger partial charge in [0.05, 0.1) is 6.54 Å². The summed E-state index contributed by atoms with van der Waals surface area (Å²) in [7, 11) is 2.12. The van der Waals surface area contributed by atoms with Crippen molar-refractivity contribution in [2.24, 2.45) is 4.99 Å². The molecular weight excluding hydrogens is 330 g/mol. The lowest BCUT2D eigenvalue weighted by atomic mass is 9.99. The average Bonchev–Trinajstić information content (AvgIpc) is 2.61. The van der Waals surface area contributed by atoms with Gasteiger partial charge in [0.15, 0.2) is 5.96 Å². The predicted octanol–water partition coefficient (Wildman–Crippen LogP) is 3.69. The van der Waals surface area contributed by atoms with Gasteiger partial charge in [0.25, 0.3) is 0 Å². The van der Waals surface area contributed by atoms with Crippen LogP contribution in [0, 0.1) is 6.92 Å². The van der Waals surface area contributed by atoms with Crippen molar-refractivity contribution in [1.82, 2.24) is 10.2 Å². The number of aliphatic imine (C=N–C) groups is 1. The van der Waals surface area contributed by atoms with Crippen LogP contribution in [0.4, 0.5) is 0 Å². The quantitative estimate of drug-likeness (QED) is 0.592. The van der Waals surface area contributed by atoms with Crippen LogP contribution in [0.5, 0.6) is 0 Å². The molecule has 0 amide bonds. The number of guanidine groups is 1. The molecule has 1 N–H and O–H groups in total. The van der Waals surface area contributed by atoms with E-state index in [1.165, 1.54) is 11.1 Å². The lowest BCUT2D eigenvalue weighted by molar-refractivity contribution is 0.0793. The summed E-state index contributed by atoms with van der Waals surface area (Å²) in [6, 6.07) is 8.73. The number of ether oxygens (including phenoxy) is 1. The van der Waals surface area contributed by atoms with E-state index >= 15 is 0 Å². The second kappa shape index (κ2) is 10.1. The Bertz CT molecular complexity index is 533. The molecular formula is C20H33N3OS. The number of nitrogens with zero attached hydrogens (tertiary/aromatic N) is 2. The molecule has 0 atom stereocenters. The molecule has 0 aliphatic carbocycles. The van der Waals surface area contributed by atoms with Gasteiger partial charge >= 0.3 is 0 Å². The number of thioether (sulfide) groups is 1. The second-order valence-electron chi connectivity index (χ2n) is 6.74. The molecule has 1 aromatic rings. The van der Waals surface area contributed by atoms with E-state index in [0.29, 0.717) is 0 Å². The Kier molecular flexibility index (Phi) is 8.10. The number of benzene rings is 1. The van der Waals surface area contributed by atoms with E-state index in [0.717, 1.165) is 57.4 Å². The summed E-state index contributed by atoms with van der Waals surface area (Å²) in [6.45, 7) is 10.8. The maximum atomic E-state index is 5.57. The third-order valence-electron chi connectivity index (χ3n) is 4.61. The highest BCUT2D eigenvalue weighted by molar-refractivity contribution is 8.00. The predicted molar refractivity (Wildman–Crippen MR) is 110 cm³/mol. The van der Waals surface area contributed by atoms with Crippen molar-refractivity contribution in [2.45, 2.75) is 44.9 Å². The zero-order valence-electron chi connectivity index (χ0n) is 16.2. The fraction of sp³-hybridized carbons (Fsp3) is 0.650. The number of nitrogens with one attached hydrogen (secondary N) is 1. The fourth-order valence-corrected chi connectivity index (χ4v) is 4.35. The molecule has 2 rings (SSSR count). The van der Waals surface area contributed by atoms with Gasteiger partial charge in [-0.2, -0.15) is 11.8 Å². The van der Waals surface area contributed by atoms with Crippen LogP contribution in [0.1, 0.15) is 37.8 Å². The third kappa shape index (κ3) is 6.23. The van der Waals surface area contributed by atoms with E-state index in [2.05, 4.69) is 62.3 Å². The molecule has 1 aliphatic heterocycles. The van der Waals surface area contributed by atoms with Crippen LogP contribution in [-0.2, 0) is 11.3 Å². The summed E-state index contributed by atoms with van der Waals surface area (Å²) in [4.78, 5) is 7.22. The first kappa shape index (κ1) is 20.1. The first-order valence-electron chi connectivity index (χ1n) is 9.35. The highest BCUT2D eigenvalue weighted by Gasteiger charge is 2.32. The Balaban J connectivity index is 2.06. The second-order valence-corrected chi connectivity index (χ2v) is 8.47. The van der Waals surface area contributed by atoms with Crippen LogP contribution >= 0.6 is 11.8 Å². The van der Waals surface area contributed by atoms with E-state index in [1.807, 2.05) is 11.8 Å². The molecule has 0 saturated carbocycles. The van der Waals surface area contributed by atoms with Gasteiger partial charge in [0.2, 0.25) is 0 Å². The molecule has 0 unspecified atom stereocenters.